The third-order valence-corrected chi connectivity index (χ3v) is 4.98. The van der Waals surface area contributed by atoms with Gasteiger partial charge in [-0.1, -0.05) is 0 Å². The molecule has 33 heavy (non-hydrogen) atoms. The van der Waals surface area contributed by atoms with Gasteiger partial charge >= 0.3 is 6.18 Å². The number of alkyl halides is 3. The van der Waals surface area contributed by atoms with Gasteiger partial charge in [0.1, 0.15) is 18.1 Å². The lowest BCUT2D eigenvalue weighted by atomic mass is 10.2. The second-order valence-corrected chi connectivity index (χ2v) is 7.30. The molecule has 4 rings (SSSR count). The van der Waals surface area contributed by atoms with Gasteiger partial charge < -0.3 is 19.7 Å². The van der Waals surface area contributed by atoms with E-state index in [9.17, 15) is 22.4 Å². The maximum absolute atomic E-state index is 13.6. The van der Waals surface area contributed by atoms with Crippen molar-refractivity contribution in [3.8, 4) is 5.75 Å². The molecule has 1 fully saturated rings. The zero-order valence-electron chi connectivity index (χ0n) is 17.5. The van der Waals surface area contributed by atoms with Gasteiger partial charge in [0.2, 0.25) is 0 Å². The Morgan fingerprint density at radius 1 is 1.21 bits per heavy atom. The summed E-state index contributed by atoms with van der Waals surface area (Å²) in [5.41, 5.74) is 0.0641. The minimum atomic E-state index is -4.55. The van der Waals surface area contributed by atoms with Crippen LogP contribution in [0.2, 0.25) is 0 Å². The Labute approximate surface area is 185 Å². The SMILES string of the molecule is COc1cc(Nc2nn(CC(F)(F)F)c3cc(C(=O)N4CCCOCC4)ncc23)ncc1F. The van der Waals surface area contributed by atoms with Crippen LogP contribution in [0.25, 0.3) is 10.9 Å². The quantitative estimate of drug-likeness (QED) is 0.575. The highest BCUT2D eigenvalue weighted by molar-refractivity contribution is 5.98. The van der Waals surface area contributed by atoms with E-state index in [4.69, 9.17) is 9.47 Å². The Morgan fingerprint density at radius 3 is 2.79 bits per heavy atom. The highest BCUT2D eigenvalue weighted by atomic mass is 19.4. The summed E-state index contributed by atoms with van der Waals surface area (Å²) in [7, 11) is 1.27. The van der Waals surface area contributed by atoms with E-state index in [1.165, 1.54) is 25.4 Å². The molecule has 3 aromatic heterocycles. The van der Waals surface area contributed by atoms with Crippen molar-refractivity contribution in [2.45, 2.75) is 19.1 Å². The number of hydrogen-bond acceptors (Lipinski definition) is 7. The molecule has 1 aliphatic heterocycles. The molecule has 0 atom stereocenters. The van der Waals surface area contributed by atoms with Crippen molar-refractivity contribution in [1.29, 1.82) is 0 Å². The maximum Gasteiger partial charge on any atom is 0.408 e. The summed E-state index contributed by atoms with van der Waals surface area (Å²) in [5.74, 6) is -1.07. The molecule has 0 aliphatic carbocycles. The van der Waals surface area contributed by atoms with Crippen molar-refractivity contribution in [3.05, 3.63) is 36.0 Å². The predicted octanol–water partition coefficient (Wildman–Crippen LogP) is 3.14. The zero-order chi connectivity index (χ0) is 23.6. The number of pyridine rings is 2. The summed E-state index contributed by atoms with van der Waals surface area (Å²) < 4.78 is 64.2. The van der Waals surface area contributed by atoms with Gasteiger partial charge in [0.15, 0.2) is 17.4 Å². The second kappa shape index (κ2) is 9.17. The van der Waals surface area contributed by atoms with Crippen molar-refractivity contribution in [2.75, 3.05) is 38.7 Å². The molecule has 0 radical (unpaired) electrons. The van der Waals surface area contributed by atoms with E-state index in [-0.39, 0.29) is 34.0 Å². The molecule has 1 saturated heterocycles. The van der Waals surface area contributed by atoms with E-state index in [0.29, 0.717) is 32.7 Å². The lowest BCUT2D eigenvalue weighted by Gasteiger charge is -2.19. The average molecular weight is 468 g/mol. The summed E-state index contributed by atoms with van der Waals surface area (Å²) in [6.07, 6.45) is -1.71. The molecule has 1 aliphatic rings. The lowest BCUT2D eigenvalue weighted by Crippen LogP contribution is -2.33. The fourth-order valence-corrected chi connectivity index (χ4v) is 3.45. The first-order chi connectivity index (χ1) is 15.7. The number of carbonyl (C=O) groups excluding carboxylic acids is 1. The molecule has 3 aromatic rings. The molecule has 9 nitrogen and oxygen atoms in total. The van der Waals surface area contributed by atoms with Crippen LogP contribution in [-0.2, 0) is 11.3 Å². The van der Waals surface area contributed by atoms with Gasteiger partial charge in [0, 0.05) is 32.0 Å². The van der Waals surface area contributed by atoms with E-state index in [1.807, 2.05) is 0 Å². The Balaban J connectivity index is 1.71. The zero-order valence-corrected chi connectivity index (χ0v) is 17.5. The molecule has 1 amide bonds. The molecule has 4 heterocycles. The number of nitrogens with one attached hydrogen (secondary N) is 1. The molecule has 0 saturated carbocycles. The summed E-state index contributed by atoms with van der Waals surface area (Å²) >= 11 is 0. The van der Waals surface area contributed by atoms with E-state index >= 15 is 0 Å². The minimum absolute atomic E-state index is 0.000788. The normalized spacial score (nSPS) is 14.9. The molecule has 0 unspecified atom stereocenters. The van der Waals surface area contributed by atoms with Crippen LogP contribution in [0, 0.1) is 5.82 Å². The molecule has 0 spiro atoms. The van der Waals surface area contributed by atoms with Gasteiger partial charge in [-0.25, -0.2) is 9.37 Å². The first-order valence-electron chi connectivity index (χ1n) is 10.0. The number of amides is 1. The van der Waals surface area contributed by atoms with Gasteiger partial charge in [-0.05, 0) is 12.5 Å². The average Bonchev–Trinajstić information content (AvgIpc) is 2.95. The van der Waals surface area contributed by atoms with Crippen LogP contribution in [0.15, 0.2) is 24.5 Å². The standard InChI is InChI=1S/C20H20F4N6O3/c1-32-16-8-17(26-10-13(16)21)27-18-12-9-25-14(19(31)29-3-2-5-33-6-4-29)7-15(12)30(28-18)11-20(22,23)24/h7-10H,2-6,11H2,1H3,(H,26,27,28). The number of halogens is 4. The van der Waals surface area contributed by atoms with Crippen LogP contribution in [-0.4, -0.2) is 70.1 Å². The van der Waals surface area contributed by atoms with Crippen molar-refractivity contribution >= 4 is 28.4 Å². The molecular weight excluding hydrogens is 448 g/mol. The molecule has 13 heteroatoms. The number of ether oxygens (including phenoxy) is 2. The maximum atomic E-state index is 13.6. The fourth-order valence-electron chi connectivity index (χ4n) is 3.45. The second-order valence-electron chi connectivity index (χ2n) is 7.30. The van der Waals surface area contributed by atoms with Crippen LogP contribution >= 0.6 is 0 Å². The Bertz CT molecular complexity index is 1160. The highest BCUT2D eigenvalue weighted by Gasteiger charge is 2.30. The third kappa shape index (κ3) is 5.13. The van der Waals surface area contributed by atoms with Gasteiger partial charge in [-0.2, -0.15) is 18.3 Å². The molecule has 0 aromatic carbocycles. The topological polar surface area (TPSA) is 94.4 Å². The first kappa shape index (κ1) is 22.7. The van der Waals surface area contributed by atoms with E-state index < -0.39 is 24.4 Å². The summed E-state index contributed by atoms with van der Waals surface area (Å²) in [4.78, 5) is 22.4. The van der Waals surface area contributed by atoms with Crippen molar-refractivity contribution in [3.63, 3.8) is 0 Å². The number of aromatic nitrogens is 4. The summed E-state index contributed by atoms with van der Waals surface area (Å²) in [5, 5.41) is 7.00. The monoisotopic (exact) mass is 468 g/mol. The smallest absolute Gasteiger partial charge is 0.408 e. The Kier molecular flexibility index (Phi) is 6.31. The van der Waals surface area contributed by atoms with Crippen molar-refractivity contribution in [1.82, 2.24) is 24.6 Å². The van der Waals surface area contributed by atoms with Crippen LogP contribution < -0.4 is 10.1 Å². The minimum Gasteiger partial charge on any atom is -0.493 e. The van der Waals surface area contributed by atoms with Crippen molar-refractivity contribution in [2.24, 2.45) is 0 Å². The van der Waals surface area contributed by atoms with Gasteiger partial charge in [0.25, 0.3) is 5.91 Å². The Hall–Kier alpha value is -3.48. The largest absolute Gasteiger partial charge is 0.493 e. The number of carbonyl (C=O) groups is 1. The molecular formula is C20H20F4N6O3. The summed E-state index contributed by atoms with van der Waals surface area (Å²) in [6, 6.07) is 2.53. The van der Waals surface area contributed by atoms with E-state index in [1.54, 1.807) is 4.90 Å². The number of nitrogens with zero attached hydrogens (tertiary/aromatic N) is 5. The predicted molar refractivity (Wildman–Crippen MR) is 109 cm³/mol. The van der Waals surface area contributed by atoms with Crippen LogP contribution in [0.1, 0.15) is 16.9 Å². The molecule has 1 N–H and O–H groups in total. The first-order valence-corrected chi connectivity index (χ1v) is 10.0. The van der Waals surface area contributed by atoms with Gasteiger partial charge in [-0.3, -0.25) is 14.5 Å². The lowest BCUT2D eigenvalue weighted by molar-refractivity contribution is -0.141. The van der Waals surface area contributed by atoms with Gasteiger partial charge in [0.05, 0.1) is 30.8 Å². The number of methoxy groups -OCH3 is 1. The summed E-state index contributed by atoms with van der Waals surface area (Å²) in [6.45, 7) is 0.366. The van der Waals surface area contributed by atoms with Gasteiger partial charge in [-0.15, -0.1) is 0 Å². The van der Waals surface area contributed by atoms with E-state index in [0.717, 1.165) is 10.9 Å². The van der Waals surface area contributed by atoms with Crippen molar-refractivity contribution < 1.29 is 31.8 Å². The third-order valence-electron chi connectivity index (χ3n) is 4.98. The number of anilines is 2. The van der Waals surface area contributed by atoms with Crippen LogP contribution in [0.4, 0.5) is 29.2 Å². The highest BCUT2D eigenvalue weighted by Crippen LogP contribution is 2.29. The fraction of sp³-hybridized carbons (Fsp3) is 0.400. The number of fused-ring (bicyclic) bond motifs is 1. The number of hydrogen-bond donors (Lipinski definition) is 1. The van der Waals surface area contributed by atoms with Crippen LogP contribution in [0.3, 0.4) is 0 Å². The molecule has 0 bridgehead atoms. The van der Waals surface area contributed by atoms with E-state index in [2.05, 4.69) is 20.4 Å². The number of rotatable bonds is 5. The Morgan fingerprint density at radius 2 is 2.03 bits per heavy atom. The van der Waals surface area contributed by atoms with Crippen LogP contribution in [0.5, 0.6) is 5.75 Å². The molecule has 176 valence electrons.